The Hall–Kier alpha value is -0.610. The highest BCUT2D eigenvalue weighted by Gasteiger charge is 2.33. The lowest BCUT2D eigenvalue weighted by Gasteiger charge is -2.36. The average Bonchev–Trinajstić information content (AvgIpc) is 3.11. The second kappa shape index (κ2) is 5.36. The molecule has 0 radical (unpaired) electrons. The van der Waals surface area contributed by atoms with Gasteiger partial charge in [0.25, 0.3) is 0 Å². The maximum Gasteiger partial charge on any atom is 0.239 e. The van der Waals surface area contributed by atoms with Crippen molar-refractivity contribution >= 4 is 5.91 Å². The van der Waals surface area contributed by atoms with E-state index >= 15 is 0 Å². The third-order valence-corrected chi connectivity index (χ3v) is 3.73. The fraction of sp³-hybridized carbons (Fsp3) is 0.923. The monoisotopic (exact) mass is 239 g/mol. The number of nitrogens with two attached hydrogens (primary N) is 1. The van der Waals surface area contributed by atoms with Crippen molar-refractivity contribution in [3.8, 4) is 0 Å². The zero-order chi connectivity index (χ0) is 12.4. The van der Waals surface area contributed by atoms with Gasteiger partial charge in [0.05, 0.1) is 6.04 Å². The van der Waals surface area contributed by atoms with Crippen LogP contribution in [0.3, 0.4) is 0 Å². The highest BCUT2D eigenvalue weighted by Crippen LogP contribution is 2.27. The van der Waals surface area contributed by atoms with Gasteiger partial charge < -0.3 is 10.6 Å². The molecule has 1 aliphatic heterocycles. The molecule has 2 fully saturated rings. The first-order chi connectivity index (χ1) is 8.08. The Kier molecular flexibility index (Phi) is 4.05. The number of rotatable bonds is 4. The number of carbonyl (C=O) groups excluding carboxylic acids is 1. The van der Waals surface area contributed by atoms with E-state index in [0.717, 1.165) is 38.6 Å². The van der Waals surface area contributed by atoms with Gasteiger partial charge in [-0.1, -0.05) is 13.8 Å². The molecule has 1 amide bonds. The average molecular weight is 239 g/mol. The van der Waals surface area contributed by atoms with Crippen molar-refractivity contribution in [3.63, 3.8) is 0 Å². The van der Waals surface area contributed by atoms with Gasteiger partial charge in [0.1, 0.15) is 0 Å². The molecule has 4 heteroatoms. The summed E-state index contributed by atoms with van der Waals surface area (Å²) in [6.07, 6.45) is 3.49. The van der Waals surface area contributed by atoms with Crippen molar-refractivity contribution in [1.29, 1.82) is 0 Å². The summed E-state index contributed by atoms with van der Waals surface area (Å²) in [5, 5.41) is 0. The van der Waals surface area contributed by atoms with Crippen molar-refractivity contribution < 1.29 is 4.79 Å². The minimum atomic E-state index is -0.303. The van der Waals surface area contributed by atoms with Crippen molar-refractivity contribution in [2.24, 2.45) is 11.7 Å². The Morgan fingerprint density at radius 1 is 1.24 bits per heavy atom. The van der Waals surface area contributed by atoms with E-state index in [2.05, 4.69) is 18.7 Å². The largest absolute Gasteiger partial charge is 0.339 e. The van der Waals surface area contributed by atoms with Crippen LogP contribution in [-0.4, -0.2) is 54.0 Å². The van der Waals surface area contributed by atoms with Gasteiger partial charge in [-0.3, -0.25) is 9.69 Å². The van der Waals surface area contributed by atoms with Gasteiger partial charge in [0, 0.05) is 32.2 Å². The molecule has 2 aliphatic rings. The van der Waals surface area contributed by atoms with Crippen LogP contribution >= 0.6 is 0 Å². The van der Waals surface area contributed by atoms with E-state index in [0.29, 0.717) is 5.92 Å². The van der Waals surface area contributed by atoms with Crippen molar-refractivity contribution in [2.45, 2.75) is 45.2 Å². The molecular weight excluding hydrogens is 214 g/mol. The van der Waals surface area contributed by atoms with Crippen LogP contribution in [0.4, 0.5) is 0 Å². The zero-order valence-corrected chi connectivity index (χ0v) is 11.1. The molecule has 4 nitrogen and oxygen atoms in total. The Morgan fingerprint density at radius 2 is 1.82 bits per heavy atom. The topological polar surface area (TPSA) is 49.6 Å². The normalized spacial score (nSPS) is 24.1. The molecule has 1 saturated heterocycles. The fourth-order valence-electron chi connectivity index (χ4n) is 2.59. The summed E-state index contributed by atoms with van der Waals surface area (Å²) in [7, 11) is 0. The minimum absolute atomic E-state index is 0.147. The molecule has 2 rings (SSSR count). The summed E-state index contributed by atoms with van der Waals surface area (Å²) in [5.41, 5.74) is 5.95. The second-order valence-corrected chi connectivity index (χ2v) is 5.83. The van der Waals surface area contributed by atoms with Crippen LogP contribution in [-0.2, 0) is 4.79 Å². The van der Waals surface area contributed by atoms with Crippen LogP contribution in [0, 0.1) is 5.92 Å². The summed E-state index contributed by atoms with van der Waals surface area (Å²) in [4.78, 5) is 16.6. The fourth-order valence-corrected chi connectivity index (χ4v) is 2.59. The molecule has 0 bridgehead atoms. The van der Waals surface area contributed by atoms with Gasteiger partial charge in [-0.05, 0) is 25.2 Å². The number of hydrogen-bond donors (Lipinski definition) is 1. The first kappa shape index (κ1) is 12.8. The lowest BCUT2D eigenvalue weighted by molar-refractivity contribution is -0.134. The van der Waals surface area contributed by atoms with E-state index in [1.807, 2.05) is 4.90 Å². The van der Waals surface area contributed by atoms with Gasteiger partial charge in [-0.15, -0.1) is 0 Å². The molecule has 1 atom stereocenters. The molecule has 1 saturated carbocycles. The molecule has 0 aromatic rings. The Labute approximate surface area is 104 Å². The Balaban J connectivity index is 1.76. The summed E-state index contributed by atoms with van der Waals surface area (Å²) in [5.74, 6) is 0.635. The summed E-state index contributed by atoms with van der Waals surface area (Å²) >= 11 is 0. The van der Waals surface area contributed by atoms with Gasteiger partial charge in [-0.2, -0.15) is 0 Å². The highest BCUT2D eigenvalue weighted by atomic mass is 16.2. The maximum absolute atomic E-state index is 12.1. The van der Waals surface area contributed by atoms with Crippen molar-refractivity contribution in [3.05, 3.63) is 0 Å². The highest BCUT2D eigenvalue weighted by molar-refractivity contribution is 5.81. The molecular formula is C13H25N3O. The predicted octanol–water partition coefficient (Wildman–Crippen LogP) is 0.666. The molecule has 0 spiro atoms. The molecule has 2 N–H and O–H groups in total. The third-order valence-electron chi connectivity index (χ3n) is 3.73. The molecule has 1 aliphatic carbocycles. The van der Waals surface area contributed by atoms with E-state index in [1.54, 1.807) is 0 Å². The molecule has 17 heavy (non-hydrogen) atoms. The van der Waals surface area contributed by atoms with Gasteiger partial charge in [0.2, 0.25) is 5.91 Å². The molecule has 0 aromatic heterocycles. The Morgan fingerprint density at radius 3 is 2.29 bits per heavy atom. The van der Waals surface area contributed by atoms with Crippen LogP contribution in [0.2, 0.25) is 0 Å². The van der Waals surface area contributed by atoms with Gasteiger partial charge >= 0.3 is 0 Å². The molecule has 98 valence electrons. The third kappa shape index (κ3) is 3.42. The summed E-state index contributed by atoms with van der Waals surface area (Å²) < 4.78 is 0. The number of carbonyl (C=O) groups is 1. The van der Waals surface area contributed by atoms with Crippen LogP contribution in [0.15, 0.2) is 0 Å². The summed E-state index contributed by atoms with van der Waals surface area (Å²) in [6, 6.07) is 0.513. The van der Waals surface area contributed by atoms with Gasteiger partial charge in [-0.25, -0.2) is 0 Å². The standard InChI is InChI=1S/C13H25N3O/c1-10(2)9-12(14)13(17)16-7-5-15(6-8-16)11-3-4-11/h10-12H,3-9,14H2,1-2H3. The quantitative estimate of drug-likeness (QED) is 0.784. The van der Waals surface area contributed by atoms with Gasteiger partial charge in [0.15, 0.2) is 0 Å². The Bertz CT molecular complexity index is 268. The second-order valence-electron chi connectivity index (χ2n) is 5.83. The lowest BCUT2D eigenvalue weighted by Crippen LogP contribution is -2.53. The molecule has 0 aromatic carbocycles. The van der Waals surface area contributed by atoms with Crippen LogP contribution in [0.5, 0.6) is 0 Å². The number of hydrogen-bond acceptors (Lipinski definition) is 3. The molecule has 1 unspecified atom stereocenters. The van der Waals surface area contributed by atoms with E-state index in [9.17, 15) is 4.79 Å². The van der Waals surface area contributed by atoms with E-state index in [4.69, 9.17) is 5.73 Å². The first-order valence-corrected chi connectivity index (χ1v) is 6.86. The zero-order valence-electron chi connectivity index (χ0n) is 11.1. The maximum atomic E-state index is 12.1. The smallest absolute Gasteiger partial charge is 0.239 e. The predicted molar refractivity (Wildman–Crippen MR) is 68.6 cm³/mol. The molecule has 1 heterocycles. The van der Waals surface area contributed by atoms with Crippen molar-refractivity contribution in [2.75, 3.05) is 26.2 Å². The first-order valence-electron chi connectivity index (χ1n) is 6.86. The minimum Gasteiger partial charge on any atom is -0.339 e. The van der Waals surface area contributed by atoms with Crippen molar-refractivity contribution in [1.82, 2.24) is 9.80 Å². The SMILES string of the molecule is CC(C)CC(N)C(=O)N1CCN(C2CC2)CC1. The number of amides is 1. The van der Waals surface area contributed by atoms with Crippen LogP contribution < -0.4 is 5.73 Å². The van der Waals surface area contributed by atoms with E-state index < -0.39 is 0 Å². The van der Waals surface area contributed by atoms with E-state index in [-0.39, 0.29) is 11.9 Å². The lowest BCUT2D eigenvalue weighted by atomic mass is 10.0. The summed E-state index contributed by atoms with van der Waals surface area (Å²) in [6.45, 7) is 8.01. The van der Waals surface area contributed by atoms with Crippen LogP contribution in [0.25, 0.3) is 0 Å². The number of piperazine rings is 1. The number of nitrogens with zero attached hydrogens (tertiary/aromatic N) is 2. The van der Waals surface area contributed by atoms with E-state index in [1.165, 1.54) is 12.8 Å². The van der Waals surface area contributed by atoms with Crippen LogP contribution in [0.1, 0.15) is 33.1 Å².